The summed E-state index contributed by atoms with van der Waals surface area (Å²) in [6, 6.07) is 13.1. The van der Waals surface area contributed by atoms with Gasteiger partial charge in [-0.3, -0.25) is 4.89 Å². The Morgan fingerprint density at radius 1 is 1.18 bits per heavy atom. The van der Waals surface area contributed by atoms with Crippen LogP contribution < -0.4 is 0 Å². The summed E-state index contributed by atoms with van der Waals surface area (Å²) in [7, 11) is 0. The summed E-state index contributed by atoms with van der Waals surface area (Å²) in [6.07, 6.45) is 1.51. The summed E-state index contributed by atoms with van der Waals surface area (Å²) in [5.74, 6) is -0.497. The van der Waals surface area contributed by atoms with E-state index < -0.39 is 5.97 Å². The zero-order valence-corrected chi connectivity index (χ0v) is 9.26. The Kier molecular flexibility index (Phi) is 3.52. The molecular weight excluding hydrogens is 216 g/mol. The number of hydrogen-bond donors (Lipinski definition) is 0. The van der Waals surface area contributed by atoms with Crippen LogP contribution in [0.25, 0.3) is 10.8 Å². The highest BCUT2D eigenvalue weighted by molar-refractivity contribution is 6.04. The third kappa shape index (κ3) is 2.52. The van der Waals surface area contributed by atoms with E-state index in [0.29, 0.717) is 5.56 Å². The van der Waals surface area contributed by atoms with Gasteiger partial charge in [0.2, 0.25) is 0 Å². The fourth-order valence-corrected chi connectivity index (χ4v) is 1.58. The van der Waals surface area contributed by atoms with Crippen LogP contribution in [0.5, 0.6) is 0 Å². The molecule has 0 saturated carbocycles. The van der Waals surface area contributed by atoms with E-state index in [1.165, 1.54) is 6.08 Å². The second kappa shape index (κ2) is 5.27. The van der Waals surface area contributed by atoms with Crippen LogP contribution in [-0.2, 0) is 9.78 Å². The van der Waals surface area contributed by atoms with Crippen molar-refractivity contribution in [3.63, 3.8) is 0 Å². The normalized spacial score (nSPS) is 10.1. The Hall–Kier alpha value is -2.13. The topological polar surface area (TPSA) is 35.5 Å². The lowest BCUT2D eigenvalue weighted by atomic mass is 10.1. The summed E-state index contributed by atoms with van der Waals surface area (Å²) in [6.45, 7) is 3.64. The molecule has 0 fully saturated rings. The molecule has 0 N–H and O–H groups in total. The first-order valence-corrected chi connectivity index (χ1v) is 5.25. The zero-order valence-electron chi connectivity index (χ0n) is 9.26. The van der Waals surface area contributed by atoms with E-state index in [9.17, 15) is 4.79 Å². The minimum absolute atomic E-state index is 0.177. The maximum Gasteiger partial charge on any atom is 0.373 e. The van der Waals surface area contributed by atoms with Gasteiger partial charge in [0.15, 0.2) is 0 Å². The maximum atomic E-state index is 11.8. The molecule has 3 nitrogen and oxygen atoms in total. The molecule has 2 rings (SSSR count). The van der Waals surface area contributed by atoms with Crippen LogP contribution in [0.3, 0.4) is 0 Å². The lowest BCUT2D eigenvalue weighted by molar-refractivity contribution is -0.231. The van der Waals surface area contributed by atoms with Crippen LogP contribution in [0.2, 0.25) is 0 Å². The predicted octanol–water partition coefficient (Wildman–Crippen LogP) is 3.11. The van der Waals surface area contributed by atoms with E-state index in [4.69, 9.17) is 0 Å². The van der Waals surface area contributed by atoms with Crippen molar-refractivity contribution in [2.24, 2.45) is 0 Å². The van der Waals surface area contributed by atoms with Crippen LogP contribution in [0.15, 0.2) is 55.1 Å². The highest BCUT2D eigenvalue weighted by atomic mass is 17.2. The molecule has 86 valence electrons. The average Bonchev–Trinajstić information content (AvgIpc) is 2.38. The number of rotatable bonds is 4. The van der Waals surface area contributed by atoms with Crippen LogP contribution in [-0.4, -0.2) is 12.6 Å². The number of fused-ring (bicyclic) bond motifs is 1. The molecule has 0 unspecified atom stereocenters. The minimum atomic E-state index is -0.497. The fraction of sp³-hybridized carbons (Fsp3) is 0.0714. The Labute approximate surface area is 99.2 Å². The molecule has 0 aromatic heterocycles. The summed E-state index contributed by atoms with van der Waals surface area (Å²) in [5, 5.41) is 1.84. The third-order valence-electron chi connectivity index (χ3n) is 2.33. The van der Waals surface area contributed by atoms with Gasteiger partial charge in [-0.05, 0) is 16.8 Å². The molecule has 0 saturated heterocycles. The molecule has 0 aliphatic heterocycles. The number of benzene rings is 2. The van der Waals surface area contributed by atoms with Crippen LogP contribution in [0.4, 0.5) is 0 Å². The highest BCUT2D eigenvalue weighted by Gasteiger charge is 2.11. The van der Waals surface area contributed by atoms with E-state index in [0.717, 1.165) is 10.8 Å². The molecule has 0 amide bonds. The SMILES string of the molecule is C=CCOOC(=O)c1cccc2ccccc12. The van der Waals surface area contributed by atoms with Gasteiger partial charge >= 0.3 is 5.97 Å². The zero-order chi connectivity index (χ0) is 12.1. The molecule has 0 spiro atoms. The van der Waals surface area contributed by atoms with Crippen LogP contribution in [0.1, 0.15) is 10.4 Å². The largest absolute Gasteiger partial charge is 0.373 e. The molecule has 0 heterocycles. The first-order valence-electron chi connectivity index (χ1n) is 5.25. The summed E-state index contributed by atoms with van der Waals surface area (Å²) in [5.41, 5.74) is 0.493. The van der Waals surface area contributed by atoms with Crippen molar-refractivity contribution >= 4 is 16.7 Å². The quantitative estimate of drug-likeness (QED) is 0.349. The van der Waals surface area contributed by atoms with Crippen molar-refractivity contribution in [2.45, 2.75) is 0 Å². The number of carbonyl (C=O) groups is 1. The summed E-state index contributed by atoms with van der Waals surface area (Å²) >= 11 is 0. The standard InChI is InChI=1S/C14H12O3/c1-2-10-16-17-14(15)13-9-5-7-11-6-3-4-8-12(11)13/h2-9H,1,10H2. The minimum Gasteiger partial charge on any atom is -0.292 e. The Balaban J connectivity index is 2.28. The van der Waals surface area contributed by atoms with E-state index in [1.807, 2.05) is 36.4 Å². The van der Waals surface area contributed by atoms with Crippen molar-refractivity contribution < 1.29 is 14.6 Å². The molecule has 3 heteroatoms. The van der Waals surface area contributed by atoms with Gasteiger partial charge in [-0.15, -0.1) is 6.58 Å². The predicted molar refractivity (Wildman–Crippen MR) is 65.5 cm³/mol. The first-order chi connectivity index (χ1) is 8.33. The van der Waals surface area contributed by atoms with Gasteiger partial charge < -0.3 is 0 Å². The summed E-state index contributed by atoms with van der Waals surface area (Å²) < 4.78 is 0. The second-order valence-corrected chi connectivity index (χ2v) is 3.47. The van der Waals surface area contributed by atoms with Crippen LogP contribution >= 0.6 is 0 Å². The fourth-order valence-electron chi connectivity index (χ4n) is 1.58. The molecule has 2 aromatic carbocycles. The molecule has 0 aliphatic rings. The monoisotopic (exact) mass is 228 g/mol. The number of hydrogen-bond acceptors (Lipinski definition) is 3. The molecular formula is C14H12O3. The highest BCUT2D eigenvalue weighted by Crippen LogP contribution is 2.19. The van der Waals surface area contributed by atoms with E-state index in [2.05, 4.69) is 16.4 Å². The molecule has 0 aliphatic carbocycles. The average molecular weight is 228 g/mol. The van der Waals surface area contributed by atoms with Gasteiger partial charge in [0.25, 0.3) is 0 Å². The van der Waals surface area contributed by atoms with Crippen LogP contribution in [0, 0.1) is 0 Å². The van der Waals surface area contributed by atoms with Crippen molar-refractivity contribution in [1.29, 1.82) is 0 Å². The third-order valence-corrected chi connectivity index (χ3v) is 2.33. The van der Waals surface area contributed by atoms with E-state index in [-0.39, 0.29) is 6.61 Å². The van der Waals surface area contributed by atoms with E-state index in [1.54, 1.807) is 6.07 Å². The smallest absolute Gasteiger partial charge is 0.292 e. The van der Waals surface area contributed by atoms with E-state index >= 15 is 0 Å². The Morgan fingerprint density at radius 2 is 1.94 bits per heavy atom. The maximum absolute atomic E-state index is 11.8. The number of carbonyl (C=O) groups excluding carboxylic acids is 1. The van der Waals surface area contributed by atoms with Gasteiger partial charge in [-0.25, -0.2) is 4.79 Å². The molecule has 0 bridgehead atoms. The Bertz CT molecular complexity index is 541. The second-order valence-electron chi connectivity index (χ2n) is 3.47. The van der Waals surface area contributed by atoms with Gasteiger partial charge in [0.05, 0.1) is 5.56 Å². The van der Waals surface area contributed by atoms with Gasteiger partial charge in [-0.2, -0.15) is 4.89 Å². The van der Waals surface area contributed by atoms with Crippen molar-refractivity contribution in [3.05, 3.63) is 60.7 Å². The van der Waals surface area contributed by atoms with Gasteiger partial charge in [0.1, 0.15) is 6.61 Å². The first kappa shape index (κ1) is 11.4. The van der Waals surface area contributed by atoms with Crippen molar-refractivity contribution in [1.82, 2.24) is 0 Å². The van der Waals surface area contributed by atoms with Crippen molar-refractivity contribution in [3.8, 4) is 0 Å². The van der Waals surface area contributed by atoms with Gasteiger partial charge in [-0.1, -0.05) is 42.5 Å². The van der Waals surface area contributed by atoms with Gasteiger partial charge in [0, 0.05) is 0 Å². The molecule has 0 radical (unpaired) electrons. The molecule has 2 aromatic rings. The summed E-state index contributed by atoms with van der Waals surface area (Å²) in [4.78, 5) is 21.1. The lowest BCUT2D eigenvalue weighted by Gasteiger charge is -2.05. The molecule has 0 atom stereocenters. The lowest BCUT2D eigenvalue weighted by Crippen LogP contribution is -2.06. The molecule has 17 heavy (non-hydrogen) atoms. The van der Waals surface area contributed by atoms with Crippen molar-refractivity contribution in [2.75, 3.05) is 6.61 Å². The Morgan fingerprint density at radius 3 is 2.76 bits per heavy atom.